The summed E-state index contributed by atoms with van der Waals surface area (Å²) in [4.78, 5) is 12.4. The number of halogens is 3. The van der Waals surface area contributed by atoms with Crippen LogP contribution in [0.3, 0.4) is 0 Å². The standard InChI is InChI=1S/C20H19F3N4O4/c1-11(29-10-20(21,22)23)18-25-26-19(30-18)13-7-14(8-13)24-17(28)16-9-15(27-31-16)12-5-3-2-4-6-12/h2-6,9,11,13-14H,7-8,10H2,1H3,(H,24,28)/t11-,13?,14?/m0/s1. The first kappa shape index (κ1) is 21.0. The normalized spacial score (nSPS) is 19.6. The lowest BCUT2D eigenvalue weighted by Gasteiger charge is -2.33. The van der Waals surface area contributed by atoms with E-state index in [9.17, 15) is 18.0 Å². The molecule has 0 bridgehead atoms. The van der Waals surface area contributed by atoms with Gasteiger partial charge >= 0.3 is 6.18 Å². The third kappa shape index (κ3) is 5.10. The van der Waals surface area contributed by atoms with Crippen LogP contribution in [-0.4, -0.2) is 40.1 Å². The molecule has 0 spiro atoms. The molecule has 2 aromatic heterocycles. The number of amides is 1. The number of hydrogen-bond donors (Lipinski definition) is 1. The minimum absolute atomic E-state index is 0.0122. The third-order valence-corrected chi connectivity index (χ3v) is 4.93. The largest absolute Gasteiger partial charge is 0.422 e. The van der Waals surface area contributed by atoms with Crippen molar-refractivity contribution in [2.45, 2.75) is 44.0 Å². The lowest BCUT2D eigenvalue weighted by Crippen LogP contribution is -2.43. The van der Waals surface area contributed by atoms with Crippen LogP contribution in [0.2, 0.25) is 0 Å². The zero-order valence-electron chi connectivity index (χ0n) is 16.4. The van der Waals surface area contributed by atoms with Gasteiger partial charge in [0.25, 0.3) is 5.91 Å². The zero-order valence-corrected chi connectivity index (χ0v) is 16.4. The molecule has 31 heavy (non-hydrogen) atoms. The lowest BCUT2D eigenvalue weighted by molar-refractivity contribution is -0.186. The smallest absolute Gasteiger partial charge is 0.411 e. The molecule has 2 heterocycles. The summed E-state index contributed by atoms with van der Waals surface area (Å²) in [5.74, 6) is -0.0525. The van der Waals surface area contributed by atoms with Crippen LogP contribution in [0.5, 0.6) is 0 Å². The number of carbonyl (C=O) groups excluding carboxylic acids is 1. The highest BCUT2D eigenvalue weighted by Crippen LogP contribution is 2.37. The summed E-state index contributed by atoms with van der Waals surface area (Å²) in [6.45, 7) is 0.0188. The molecule has 164 valence electrons. The highest BCUT2D eigenvalue weighted by molar-refractivity contribution is 5.92. The second-order valence-corrected chi connectivity index (χ2v) is 7.33. The summed E-state index contributed by atoms with van der Waals surface area (Å²) in [5, 5.41) is 14.4. The Hall–Kier alpha value is -3.21. The molecule has 1 saturated carbocycles. The third-order valence-electron chi connectivity index (χ3n) is 4.93. The highest BCUT2D eigenvalue weighted by Gasteiger charge is 2.36. The average Bonchev–Trinajstić information content (AvgIpc) is 3.38. The predicted octanol–water partition coefficient (Wildman–Crippen LogP) is 4.04. The van der Waals surface area contributed by atoms with Crippen molar-refractivity contribution in [2.24, 2.45) is 0 Å². The molecule has 0 radical (unpaired) electrons. The van der Waals surface area contributed by atoms with Crippen molar-refractivity contribution < 1.29 is 31.6 Å². The van der Waals surface area contributed by atoms with E-state index in [1.54, 1.807) is 6.07 Å². The molecular formula is C20H19F3N4O4. The first-order valence-electron chi connectivity index (χ1n) is 9.63. The molecule has 1 aromatic carbocycles. The molecule has 0 saturated heterocycles. The van der Waals surface area contributed by atoms with Gasteiger partial charge in [0.05, 0.1) is 0 Å². The number of aromatic nitrogens is 3. The molecule has 1 aliphatic carbocycles. The molecule has 3 aromatic rings. The predicted molar refractivity (Wildman–Crippen MR) is 99.9 cm³/mol. The van der Waals surface area contributed by atoms with E-state index in [0.717, 1.165) is 5.56 Å². The van der Waals surface area contributed by atoms with Crippen molar-refractivity contribution in [3.05, 3.63) is 53.9 Å². The van der Waals surface area contributed by atoms with Crippen molar-refractivity contribution in [1.29, 1.82) is 0 Å². The van der Waals surface area contributed by atoms with Crippen molar-refractivity contribution >= 4 is 5.91 Å². The van der Waals surface area contributed by atoms with Crippen molar-refractivity contribution in [2.75, 3.05) is 6.61 Å². The van der Waals surface area contributed by atoms with Crippen molar-refractivity contribution in [3.8, 4) is 11.3 Å². The summed E-state index contributed by atoms with van der Waals surface area (Å²) < 4.78 is 52.0. The molecule has 1 atom stereocenters. The van der Waals surface area contributed by atoms with E-state index in [0.29, 0.717) is 24.4 Å². The Morgan fingerprint density at radius 2 is 2.00 bits per heavy atom. The Balaban J connectivity index is 1.27. The van der Waals surface area contributed by atoms with Gasteiger partial charge in [-0.2, -0.15) is 13.2 Å². The Bertz CT molecular complexity index is 1030. The van der Waals surface area contributed by atoms with Crippen molar-refractivity contribution in [1.82, 2.24) is 20.7 Å². The fraction of sp³-hybridized carbons (Fsp3) is 0.400. The number of benzene rings is 1. The van der Waals surface area contributed by atoms with Crippen LogP contribution in [0.25, 0.3) is 11.3 Å². The fourth-order valence-corrected chi connectivity index (χ4v) is 3.19. The van der Waals surface area contributed by atoms with E-state index in [1.807, 2.05) is 30.3 Å². The van der Waals surface area contributed by atoms with Crippen LogP contribution in [0.15, 0.2) is 45.3 Å². The van der Waals surface area contributed by atoms with E-state index in [1.165, 1.54) is 6.92 Å². The molecule has 1 aliphatic rings. The van der Waals surface area contributed by atoms with Gasteiger partial charge in [0, 0.05) is 23.6 Å². The van der Waals surface area contributed by atoms with Gasteiger partial charge in [-0.05, 0) is 19.8 Å². The topological polar surface area (TPSA) is 103 Å². The number of nitrogens with zero attached hydrogens (tertiary/aromatic N) is 3. The van der Waals surface area contributed by atoms with Gasteiger partial charge in [-0.1, -0.05) is 35.5 Å². The van der Waals surface area contributed by atoms with Crippen LogP contribution < -0.4 is 5.32 Å². The van der Waals surface area contributed by atoms with Crippen molar-refractivity contribution in [3.63, 3.8) is 0 Å². The Labute approximate surface area is 174 Å². The maximum atomic E-state index is 12.4. The van der Waals surface area contributed by atoms with Crippen LogP contribution in [0.4, 0.5) is 13.2 Å². The summed E-state index contributed by atoms with van der Waals surface area (Å²) >= 11 is 0. The number of nitrogens with one attached hydrogen (secondary N) is 1. The monoisotopic (exact) mass is 436 g/mol. The van der Waals surface area contributed by atoms with E-state index in [4.69, 9.17) is 13.7 Å². The van der Waals surface area contributed by atoms with E-state index in [-0.39, 0.29) is 29.5 Å². The average molecular weight is 436 g/mol. The summed E-state index contributed by atoms with van der Waals surface area (Å²) in [6, 6.07) is 10.8. The number of alkyl halides is 3. The molecule has 0 unspecified atom stereocenters. The van der Waals surface area contributed by atoms with E-state index >= 15 is 0 Å². The van der Waals surface area contributed by atoms with Crippen LogP contribution in [0, 0.1) is 0 Å². The molecule has 1 fully saturated rings. The summed E-state index contributed by atoms with van der Waals surface area (Å²) in [5.41, 5.74) is 1.41. The Kier molecular flexibility index (Phi) is 5.77. The molecule has 1 amide bonds. The zero-order chi connectivity index (χ0) is 22.0. The number of hydrogen-bond acceptors (Lipinski definition) is 7. The van der Waals surface area contributed by atoms with Gasteiger partial charge in [-0.15, -0.1) is 10.2 Å². The summed E-state index contributed by atoms with van der Waals surface area (Å²) in [6.07, 6.45) is -4.28. The number of carbonyl (C=O) groups is 1. The van der Waals surface area contributed by atoms with E-state index < -0.39 is 18.9 Å². The lowest BCUT2D eigenvalue weighted by atomic mass is 9.80. The minimum Gasteiger partial charge on any atom is -0.422 e. The van der Waals surface area contributed by atoms with Gasteiger partial charge in [0.15, 0.2) is 0 Å². The summed E-state index contributed by atoms with van der Waals surface area (Å²) in [7, 11) is 0. The first-order valence-corrected chi connectivity index (χ1v) is 9.63. The minimum atomic E-state index is -4.43. The van der Waals surface area contributed by atoms with Gasteiger partial charge < -0.3 is 19.0 Å². The second-order valence-electron chi connectivity index (χ2n) is 7.33. The highest BCUT2D eigenvalue weighted by atomic mass is 19.4. The quantitative estimate of drug-likeness (QED) is 0.596. The van der Waals surface area contributed by atoms with Gasteiger partial charge in [0.1, 0.15) is 18.4 Å². The number of ether oxygens (including phenoxy) is 1. The second kappa shape index (κ2) is 8.50. The van der Waals surface area contributed by atoms with Crippen LogP contribution in [-0.2, 0) is 4.74 Å². The molecule has 8 nitrogen and oxygen atoms in total. The first-order chi connectivity index (χ1) is 14.8. The van der Waals surface area contributed by atoms with E-state index in [2.05, 4.69) is 20.7 Å². The molecule has 0 aliphatic heterocycles. The van der Waals surface area contributed by atoms with Gasteiger partial charge in [-0.3, -0.25) is 4.79 Å². The van der Waals surface area contributed by atoms with Crippen LogP contribution in [0.1, 0.15) is 54.1 Å². The fourth-order valence-electron chi connectivity index (χ4n) is 3.19. The molecule has 11 heteroatoms. The SMILES string of the molecule is C[C@H](OCC(F)(F)F)c1nnc(C2CC(NC(=O)c3cc(-c4ccccc4)no3)C2)o1. The Morgan fingerprint density at radius 3 is 2.71 bits per heavy atom. The Morgan fingerprint density at radius 1 is 1.26 bits per heavy atom. The maximum Gasteiger partial charge on any atom is 0.411 e. The molecular weight excluding hydrogens is 417 g/mol. The van der Waals surface area contributed by atoms with Crippen LogP contribution >= 0.6 is 0 Å². The van der Waals surface area contributed by atoms with Gasteiger partial charge in [-0.25, -0.2) is 0 Å². The molecule has 4 rings (SSSR count). The number of rotatable bonds is 7. The van der Waals surface area contributed by atoms with Gasteiger partial charge in [0.2, 0.25) is 17.5 Å². The maximum absolute atomic E-state index is 12.4. The molecule has 1 N–H and O–H groups in total.